The van der Waals surface area contributed by atoms with Gasteiger partial charge in [0, 0.05) is 55.7 Å². The molecule has 0 bridgehead atoms. The molecular formula is C48H48N8O3. The molecule has 59 heavy (non-hydrogen) atoms. The van der Waals surface area contributed by atoms with Crippen LogP contribution < -0.4 is 15.5 Å². The molecule has 7 aromatic rings. The van der Waals surface area contributed by atoms with Crippen molar-refractivity contribution in [2.75, 3.05) is 31.6 Å². The van der Waals surface area contributed by atoms with Crippen LogP contribution in [0, 0.1) is 0 Å². The first-order valence-electron chi connectivity index (χ1n) is 20.9. The molecule has 1 saturated heterocycles. The number of methoxy groups -OCH3 is 1. The Morgan fingerprint density at radius 1 is 0.678 bits per heavy atom. The monoisotopic (exact) mass is 784 g/mol. The summed E-state index contributed by atoms with van der Waals surface area (Å²) in [4.78, 5) is 17.2. The molecule has 298 valence electrons. The van der Waals surface area contributed by atoms with Crippen LogP contribution >= 0.6 is 0 Å². The van der Waals surface area contributed by atoms with E-state index in [1.54, 1.807) is 7.11 Å². The Bertz CT molecular complexity index is 2630. The lowest BCUT2D eigenvalue weighted by atomic mass is 9.91. The summed E-state index contributed by atoms with van der Waals surface area (Å²) in [6.45, 7) is 7.45. The maximum absolute atomic E-state index is 5.89. The Labute approximate surface area is 344 Å². The smallest absolute Gasteiger partial charge is 0.259 e. The van der Waals surface area contributed by atoms with E-state index in [2.05, 4.69) is 118 Å². The predicted molar refractivity (Wildman–Crippen MR) is 229 cm³/mol. The standard InChI is InChI=1S/C48H48N8O3/c1-30-6-5-21-56(30)46-36(24-40(28-51-46)48-53-45(55-59-48)35-13-10-32-18-20-50-27-39(32)23-35)14-11-33-7-3-4-8-42(33)43-16-15-37(25-41(43)29-57-2)47-52-44(54-58-47)34-12-9-31-17-19-49-26-38(31)22-34/h3-4,7-10,12-13,15-16,22-25,28,30,49-50H,5-6,11,14,17-21,26-27,29H2,1-2H3. The van der Waals surface area contributed by atoms with Crippen molar-refractivity contribution in [2.24, 2.45) is 0 Å². The van der Waals surface area contributed by atoms with Gasteiger partial charge < -0.3 is 29.3 Å². The largest absolute Gasteiger partial charge is 0.380 e. The van der Waals surface area contributed by atoms with Crippen LogP contribution in [0.5, 0.6) is 0 Å². The van der Waals surface area contributed by atoms with Crippen molar-refractivity contribution in [2.45, 2.75) is 71.2 Å². The van der Waals surface area contributed by atoms with Gasteiger partial charge in [-0.1, -0.05) is 64.9 Å². The van der Waals surface area contributed by atoms with E-state index in [-0.39, 0.29) is 0 Å². The van der Waals surface area contributed by atoms with Crippen LogP contribution in [0.15, 0.2) is 100 Å². The van der Waals surface area contributed by atoms with E-state index >= 15 is 0 Å². The van der Waals surface area contributed by atoms with E-state index in [4.69, 9.17) is 28.7 Å². The van der Waals surface area contributed by atoms with Crippen LogP contribution in [0.1, 0.15) is 58.7 Å². The highest BCUT2D eigenvalue weighted by Gasteiger charge is 2.26. The predicted octanol–water partition coefficient (Wildman–Crippen LogP) is 8.39. The van der Waals surface area contributed by atoms with E-state index in [1.807, 2.05) is 6.20 Å². The number of fused-ring (bicyclic) bond motifs is 2. The fourth-order valence-corrected chi connectivity index (χ4v) is 9.00. The molecule has 3 aromatic heterocycles. The van der Waals surface area contributed by atoms with Gasteiger partial charge in [0.05, 0.1) is 12.2 Å². The molecule has 6 heterocycles. The molecule has 1 unspecified atom stereocenters. The quantitative estimate of drug-likeness (QED) is 0.131. The number of aryl methyl sites for hydroxylation is 2. The summed E-state index contributed by atoms with van der Waals surface area (Å²) in [5.74, 6) is 3.17. The molecule has 11 heteroatoms. The lowest BCUT2D eigenvalue weighted by Crippen LogP contribution is -2.28. The summed E-state index contributed by atoms with van der Waals surface area (Å²) in [6, 6.07) is 30.5. The minimum absolute atomic E-state index is 0.424. The van der Waals surface area contributed by atoms with Gasteiger partial charge in [0.2, 0.25) is 11.6 Å². The van der Waals surface area contributed by atoms with Crippen molar-refractivity contribution < 1.29 is 13.8 Å². The number of pyridine rings is 1. The molecular weight excluding hydrogens is 737 g/mol. The Morgan fingerprint density at radius 2 is 1.31 bits per heavy atom. The second-order valence-electron chi connectivity index (χ2n) is 16.0. The van der Waals surface area contributed by atoms with Gasteiger partial charge >= 0.3 is 0 Å². The van der Waals surface area contributed by atoms with Crippen molar-refractivity contribution in [1.29, 1.82) is 0 Å². The third-order valence-electron chi connectivity index (χ3n) is 12.2. The first kappa shape index (κ1) is 37.3. The molecule has 3 aliphatic heterocycles. The van der Waals surface area contributed by atoms with Crippen LogP contribution in [0.2, 0.25) is 0 Å². The van der Waals surface area contributed by atoms with E-state index in [0.29, 0.717) is 36.1 Å². The summed E-state index contributed by atoms with van der Waals surface area (Å²) in [5.41, 5.74) is 14.7. The van der Waals surface area contributed by atoms with Crippen LogP contribution in [-0.4, -0.2) is 58.1 Å². The molecule has 3 aliphatic rings. The minimum Gasteiger partial charge on any atom is -0.380 e. The zero-order valence-corrected chi connectivity index (χ0v) is 33.6. The van der Waals surface area contributed by atoms with Gasteiger partial charge in [-0.05, 0) is 139 Å². The van der Waals surface area contributed by atoms with E-state index in [1.165, 1.54) is 38.9 Å². The van der Waals surface area contributed by atoms with Gasteiger partial charge in [-0.3, -0.25) is 0 Å². The number of anilines is 1. The maximum Gasteiger partial charge on any atom is 0.259 e. The first-order valence-corrected chi connectivity index (χ1v) is 20.9. The average molecular weight is 785 g/mol. The number of hydrogen-bond donors (Lipinski definition) is 2. The molecule has 11 nitrogen and oxygen atoms in total. The van der Waals surface area contributed by atoms with Crippen molar-refractivity contribution >= 4 is 5.82 Å². The fraction of sp³-hybridized carbons (Fsp3) is 0.312. The molecule has 2 N–H and O–H groups in total. The summed E-state index contributed by atoms with van der Waals surface area (Å²) < 4.78 is 17.5. The van der Waals surface area contributed by atoms with Crippen LogP contribution in [0.4, 0.5) is 5.82 Å². The van der Waals surface area contributed by atoms with E-state index in [9.17, 15) is 0 Å². The van der Waals surface area contributed by atoms with Gasteiger partial charge in [0.15, 0.2) is 0 Å². The van der Waals surface area contributed by atoms with Crippen molar-refractivity contribution in [3.63, 3.8) is 0 Å². The summed E-state index contributed by atoms with van der Waals surface area (Å²) in [5, 5.41) is 15.7. The van der Waals surface area contributed by atoms with Crippen molar-refractivity contribution in [1.82, 2.24) is 35.9 Å². The van der Waals surface area contributed by atoms with Gasteiger partial charge in [-0.15, -0.1) is 0 Å². The molecule has 0 radical (unpaired) electrons. The number of ether oxygens (including phenoxy) is 1. The van der Waals surface area contributed by atoms with Crippen LogP contribution in [0.25, 0.3) is 56.8 Å². The summed E-state index contributed by atoms with van der Waals surface area (Å²) >= 11 is 0. The minimum atomic E-state index is 0.424. The van der Waals surface area contributed by atoms with Crippen LogP contribution in [-0.2, 0) is 50.1 Å². The fourth-order valence-electron chi connectivity index (χ4n) is 9.00. The lowest BCUT2D eigenvalue weighted by molar-refractivity contribution is 0.185. The highest BCUT2D eigenvalue weighted by Crippen LogP contribution is 2.35. The second kappa shape index (κ2) is 16.3. The number of aromatic nitrogens is 5. The number of benzene rings is 4. The maximum atomic E-state index is 5.89. The van der Waals surface area contributed by atoms with E-state index < -0.39 is 0 Å². The van der Waals surface area contributed by atoms with E-state index in [0.717, 1.165) is 110 Å². The zero-order valence-electron chi connectivity index (χ0n) is 33.6. The van der Waals surface area contributed by atoms with Crippen molar-refractivity contribution in [3.05, 3.63) is 130 Å². The Kier molecular flexibility index (Phi) is 10.3. The molecule has 0 amide bonds. The van der Waals surface area contributed by atoms with Crippen LogP contribution in [0.3, 0.4) is 0 Å². The number of rotatable bonds is 11. The first-order chi connectivity index (χ1) is 29.1. The third kappa shape index (κ3) is 7.57. The second-order valence-corrected chi connectivity index (χ2v) is 16.0. The average Bonchev–Trinajstić information content (AvgIpc) is 4.08. The van der Waals surface area contributed by atoms with Gasteiger partial charge in [0.1, 0.15) is 5.82 Å². The highest BCUT2D eigenvalue weighted by molar-refractivity contribution is 5.74. The van der Waals surface area contributed by atoms with Crippen molar-refractivity contribution in [3.8, 4) is 56.8 Å². The molecule has 0 saturated carbocycles. The van der Waals surface area contributed by atoms with Gasteiger partial charge in [0.25, 0.3) is 11.8 Å². The molecule has 1 fully saturated rings. The Morgan fingerprint density at radius 3 is 1.98 bits per heavy atom. The number of nitrogens with one attached hydrogen (secondary N) is 2. The molecule has 10 rings (SSSR count). The highest BCUT2D eigenvalue weighted by atomic mass is 16.5. The van der Waals surface area contributed by atoms with Gasteiger partial charge in [-0.25, -0.2) is 4.98 Å². The zero-order chi connectivity index (χ0) is 39.7. The lowest BCUT2D eigenvalue weighted by Gasteiger charge is -2.25. The Hall–Kier alpha value is -6.01. The molecule has 1 atom stereocenters. The summed E-state index contributed by atoms with van der Waals surface area (Å²) in [6.07, 6.45) is 7.87. The topological polar surface area (TPSA) is 127 Å². The third-order valence-corrected chi connectivity index (χ3v) is 12.2. The Balaban J connectivity index is 0.929. The summed E-state index contributed by atoms with van der Waals surface area (Å²) in [7, 11) is 1.73. The SMILES string of the molecule is COCc1cc(-c2nc(-c3ccc4c(c3)CNCC4)no2)ccc1-c1ccccc1CCc1cc(-c2nc(-c3ccc4c(c3)CNCC4)no2)cnc1N1CCCC1C. The van der Waals surface area contributed by atoms with Gasteiger partial charge in [-0.2, -0.15) is 9.97 Å². The number of nitrogens with zero attached hydrogens (tertiary/aromatic N) is 6. The number of hydrogen-bond acceptors (Lipinski definition) is 11. The molecule has 4 aromatic carbocycles. The molecule has 0 aliphatic carbocycles. The molecule has 0 spiro atoms. The normalized spacial score (nSPS) is 16.3.